The number of nitrogens with one attached hydrogen (secondary N) is 1. The standard InChI is InChI=1S/C18H16F5N3OS3.C2H6/c1-24-29-16-11-12(3-8-15(16)27-2)17-18(26-10-9-25-17)28-13-4-6-14(7-5-13)30(19,20,21,22)23;1-2/h3-11,24H,1-2H3;1-2H3. The zero-order valence-electron chi connectivity index (χ0n) is 17.6. The van der Waals surface area contributed by atoms with Crippen LogP contribution in [0.4, 0.5) is 19.4 Å². The number of hydrogen-bond acceptors (Lipinski definition) is 6. The number of nitrogens with zero attached hydrogens (tertiary/aromatic N) is 2. The summed E-state index contributed by atoms with van der Waals surface area (Å²) in [7, 11) is -6.39. The van der Waals surface area contributed by atoms with Crippen LogP contribution in [-0.4, -0.2) is 24.1 Å². The van der Waals surface area contributed by atoms with Gasteiger partial charge in [0.2, 0.25) is 0 Å². The molecule has 4 nitrogen and oxygen atoms in total. The van der Waals surface area contributed by atoms with Gasteiger partial charge in [-0.2, -0.15) is 0 Å². The summed E-state index contributed by atoms with van der Waals surface area (Å²) in [6.07, 6.45) is 2.94. The third kappa shape index (κ3) is 6.74. The van der Waals surface area contributed by atoms with Crippen LogP contribution in [0.2, 0.25) is 0 Å². The van der Waals surface area contributed by atoms with Gasteiger partial charge in [-0.3, -0.25) is 9.71 Å². The molecule has 0 aliphatic rings. The monoisotopic (exact) mass is 511 g/mol. The molecule has 176 valence electrons. The fourth-order valence-electron chi connectivity index (χ4n) is 2.49. The van der Waals surface area contributed by atoms with E-state index in [0.29, 0.717) is 39.1 Å². The van der Waals surface area contributed by atoms with Crippen LogP contribution in [-0.2, 0) is 0 Å². The molecule has 0 saturated carbocycles. The van der Waals surface area contributed by atoms with Gasteiger partial charge < -0.3 is 4.74 Å². The van der Waals surface area contributed by atoms with Gasteiger partial charge in [0.1, 0.15) is 21.4 Å². The molecule has 0 spiro atoms. The predicted molar refractivity (Wildman–Crippen MR) is 122 cm³/mol. The maximum atomic E-state index is 12.9. The van der Waals surface area contributed by atoms with Gasteiger partial charge >= 0.3 is 10.2 Å². The second kappa shape index (κ2) is 9.46. The van der Waals surface area contributed by atoms with E-state index in [9.17, 15) is 19.4 Å². The Morgan fingerprint density at radius 2 is 1.53 bits per heavy atom. The van der Waals surface area contributed by atoms with Gasteiger partial charge in [0.15, 0.2) is 0 Å². The van der Waals surface area contributed by atoms with Crippen molar-refractivity contribution in [1.29, 1.82) is 0 Å². The number of hydrogen-bond donors (Lipinski definition) is 1. The highest BCUT2D eigenvalue weighted by Crippen LogP contribution is 3.02. The highest BCUT2D eigenvalue weighted by molar-refractivity contribution is 8.45. The van der Waals surface area contributed by atoms with Crippen LogP contribution in [0.25, 0.3) is 11.3 Å². The Morgan fingerprint density at radius 3 is 2.09 bits per heavy atom. The van der Waals surface area contributed by atoms with Crippen LogP contribution < -0.4 is 9.46 Å². The molecule has 1 heterocycles. The zero-order valence-corrected chi connectivity index (χ0v) is 20.1. The minimum absolute atomic E-state index is 0.320. The molecule has 1 aromatic heterocycles. The Morgan fingerprint density at radius 1 is 0.906 bits per heavy atom. The average Bonchev–Trinajstić information content (AvgIpc) is 2.74. The van der Waals surface area contributed by atoms with Crippen LogP contribution in [0.5, 0.6) is 5.75 Å². The Bertz CT molecular complexity index is 1070. The summed E-state index contributed by atoms with van der Waals surface area (Å²) in [6.45, 7) is 4.00. The number of ether oxygens (including phenoxy) is 1. The molecule has 32 heavy (non-hydrogen) atoms. The van der Waals surface area contributed by atoms with Crippen molar-refractivity contribution in [2.75, 3.05) is 14.2 Å². The van der Waals surface area contributed by atoms with E-state index in [1.165, 1.54) is 24.3 Å². The van der Waals surface area contributed by atoms with Crippen molar-refractivity contribution in [1.82, 2.24) is 14.7 Å². The summed E-state index contributed by atoms with van der Waals surface area (Å²) in [6, 6.07) is 8.14. The Kier molecular flexibility index (Phi) is 7.75. The lowest BCUT2D eigenvalue weighted by Gasteiger charge is -2.40. The molecular formula is C20H22F5N3OS3. The van der Waals surface area contributed by atoms with Gasteiger partial charge in [0, 0.05) is 22.9 Å². The van der Waals surface area contributed by atoms with Crippen molar-refractivity contribution in [2.24, 2.45) is 0 Å². The molecular weight excluding hydrogens is 489 g/mol. The van der Waals surface area contributed by atoms with Crippen molar-refractivity contribution < 1.29 is 24.2 Å². The third-order valence-electron chi connectivity index (χ3n) is 3.80. The van der Waals surface area contributed by atoms with Crippen LogP contribution in [0.3, 0.4) is 0 Å². The third-order valence-corrected chi connectivity index (χ3v) is 6.70. The highest BCUT2D eigenvalue weighted by atomic mass is 32.5. The Balaban J connectivity index is 0.00000176. The molecule has 0 fully saturated rings. The summed E-state index contributed by atoms with van der Waals surface area (Å²) in [4.78, 5) is 7.78. The van der Waals surface area contributed by atoms with Gasteiger partial charge in [-0.1, -0.05) is 45.0 Å². The largest absolute Gasteiger partial charge is 0.496 e. The summed E-state index contributed by atoms with van der Waals surface area (Å²) in [5.41, 5.74) is 1.22. The van der Waals surface area contributed by atoms with Gasteiger partial charge in [0.25, 0.3) is 0 Å². The quantitative estimate of drug-likeness (QED) is 0.255. The smallest absolute Gasteiger partial charge is 0.310 e. The van der Waals surface area contributed by atoms with E-state index in [1.807, 2.05) is 19.9 Å². The number of benzene rings is 2. The minimum atomic E-state index is -9.70. The van der Waals surface area contributed by atoms with Crippen molar-refractivity contribution >= 4 is 33.9 Å². The van der Waals surface area contributed by atoms with Crippen molar-refractivity contribution in [3.63, 3.8) is 0 Å². The van der Waals surface area contributed by atoms with E-state index in [-0.39, 0.29) is 0 Å². The first-order valence-electron chi connectivity index (χ1n) is 9.26. The maximum absolute atomic E-state index is 12.9. The second-order valence-corrected chi connectivity index (χ2v) is 10.4. The normalized spacial score (nSPS) is 13.4. The molecule has 1 N–H and O–H groups in total. The SMILES string of the molecule is CC.CNSc1cc(-c2nccnc2Sc2ccc(S(F)(F)(F)(F)F)cc2)ccc1OC. The lowest BCUT2D eigenvalue weighted by atomic mass is 10.1. The molecule has 0 atom stereocenters. The first-order chi connectivity index (χ1) is 14.9. The maximum Gasteiger partial charge on any atom is 0.310 e. The van der Waals surface area contributed by atoms with E-state index in [2.05, 4.69) is 14.7 Å². The lowest BCUT2D eigenvalue weighted by Crippen LogP contribution is -2.05. The fraction of sp³-hybridized carbons (Fsp3) is 0.200. The average molecular weight is 512 g/mol. The summed E-state index contributed by atoms with van der Waals surface area (Å²) in [5.74, 6) is 0.655. The first-order valence-corrected chi connectivity index (χ1v) is 12.8. The van der Waals surface area contributed by atoms with Gasteiger partial charge in [-0.05, 0) is 61.5 Å². The Labute approximate surface area is 192 Å². The molecule has 0 aliphatic heterocycles. The zero-order chi connectivity index (χ0) is 24.1. The van der Waals surface area contributed by atoms with Crippen molar-refractivity contribution in [3.8, 4) is 17.0 Å². The van der Waals surface area contributed by atoms with Crippen molar-refractivity contribution in [2.45, 2.75) is 33.6 Å². The van der Waals surface area contributed by atoms with Crippen LogP contribution in [0.1, 0.15) is 13.8 Å². The summed E-state index contributed by atoms with van der Waals surface area (Å²) < 4.78 is 72.8. The molecule has 0 bridgehead atoms. The van der Waals surface area contributed by atoms with Crippen LogP contribution in [0.15, 0.2) is 74.6 Å². The lowest BCUT2D eigenvalue weighted by molar-refractivity contribution is 0.364. The number of halogens is 5. The van der Waals surface area contributed by atoms with Crippen LogP contribution in [0, 0.1) is 0 Å². The minimum Gasteiger partial charge on any atom is -0.496 e. The molecule has 2 aromatic carbocycles. The number of methoxy groups -OCH3 is 1. The van der Waals surface area contributed by atoms with E-state index in [4.69, 9.17) is 4.74 Å². The molecule has 0 amide bonds. The van der Waals surface area contributed by atoms with E-state index >= 15 is 0 Å². The van der Waals surface area contributed by atoms with Crippen LogP contribution >= 0.6 is 33.9 Å². The molecule has 0 saturated heterocycles. The molecule has 0 radical (unpaired) electrons. The molecule has 0 unspecified atom stereocenters. The highest BCUT2D eigenvalue weighted by Gasteiger charge is 2.65. The van der Waals surface area contributed by atoms with E-state index in [0.717, 1.165) is 28.8 Å². The van der Waals surface area contributed by atoms with Crippen molar-refractivity contribution in [3.05, 3.63) is 54.9 Å². The van der Waals surface area contributed by atoms with Gasteiger partial charge in [-0.25, -0.2) is 4.98 Å². The molecule has 0 aliphatic carbocycles. The first kappa shape index (κ1) is 26.2. The van der Waals surface area contributed by atoms with E-state index in [1.54, 1.807) is 26.3 Å². The topological polar surface area (TPSA) is 47.0 Å². The Hall–Kier alpha value is -2.02. The second-order valence-electron chi connectivity index (χ2n) is 5.92. The number of rotatable bonds is 7. The molecule has 3 rings (SSSR count). The van der Waals surface area contributed by atoms with E-state index < -0.39 is 15.1 Å². The van der Waals surface area contributed by atoms with Gasteiger partial charge in [0.05, 0.1) is 12.0 Å². The fourth-order valence-corrected chi connectivity index (χ4v) is 4.67. The predicted octanol–water partition coefficient (Wildman–Crippen LogP) is 8.21. The van der Waals surface area contributed by atoms with Gasteiger partial charge in [-0.15, -0.1) is 0 Å². The summed E-state index contributed by atoms with van der Waals surface area (Å²) >= 11 is 2.37. The molecule has 3 aromatic rings. The molecule has 12 heteroatoms. The summed E-state index contributed by atoms with van der Waals surface area (Å²) in [5, 5.41) is 0.420. The number of aromatic nitrogens is 2.